The van der Waals surface area contributed by atoms with Gasteiger partial charge in [0, 0.05) is 5.56 Å². The van der Waals surface area contributed by atoms with E-state index in [9.17, 15) is 22.0 Å². The van der Waals surface area contributed by atoms with E-state index in [-0.39, 0.29) is 16.9 Å². The summed E-state index contributed by atoms with van der Waals surface area (Å²) in [5, 5.41) is 0. The van der Waals surface area contributed by atoms with E-state index >= 15 is 0 Å². The number of halogens is 5. The molecule has 0 unspecified atom stereocenters. The number of rotatable bonds is 8. The number of hydrogen-bond acceptors (Lipinski definition) is 2. The molecule has 31 heavy (non-hydrogen) atoms. The van der Waals surface area contributed by atoms with Crippen molar-refractivity contribution in [2.45, 2.75) is 58.2 Å². The Hall–Kier alpha value is -2.31. The van der Waals surface area contributed by atoms with Gasteiger partial charge in [-0.25, -0.2) is 4.39 Å². The maximum atomic E-state index is 14.6. The van der Waals surface area contributed by atoms with Gasteiger partial charge in [0.05, 0.1) is 6.61 Å². The highest BCUT2D eigenvalue weighted by Crippen LogP contribution is 2.34. The largest absolute Gasteiger partial charge is 0.573 e. The minimum absolute atomic E-state index is 0.0557. The highest BCUT2D eigenvalue weighted by Gasteiger charge is 2.31. The molecule has 1 aliphatic rings. The summed E-state index contributed by atoms with van der Waals surface area (Å²) in [6, 6.07) is 7.34. The maximum absolute atomic E-state index is 14.6. The second-order valence-electron chi connectivity index (χ2n) is 8.15. The summed E-state index contributed by atoms with van der Waals surface area (Å²) in [6.45, 7) is 2.54. The quantitative estimate of drug-likeness (QED) is 0.387. The molecule has 0 heterocycles. The Morgan fingerprint density at radius 1 is 0.871 bits per heavy atom. The smallest absolute Gasteiger partial charge is 0.490 e. The topological polar surface area (TPSA) is 18.5 Å². The van der Waals surface area contributed by atoms with Crippen molar-refractivity contribution in [3.8, 4) is 22.6 Å². The van der Waals surface area contributed by atoms with Gasteiger partial charge in [-0.05, 0) is 54.5 Å². The molecule has 0 spiro atoms. The van der Waals surface area contributed by atoms with Crippen LogP contribution in [0.1, 0.15) is 51.9 Å². The van der Waals surface area contributed by atoms with Crippen molar-refractivity contribution in [2.24, 2.45) is 11.8 Å². The predicted octanol–water partition coefficient (Wildman–Crippen LogP) is 7.91. The molecule has 1 aliphatic carbocycles. The third-order valence-corrected chi connectivity index (χ3v) is 5.85. The van der Waals surface area contributed by atoms with Crippen LogP contribution < -0.4 is 9.47 Å². The highest BCUT2D eigenvalue weighted by atomic mass is 19.4. The lowest BCUT2D eigenvalue weighted by molar-refractivity contribution is -0.274. The summed E-state index contributed by atoms with van der Waals surface area (Å²) in [4.78, 5) is 0. The molecule has 0 saturated heterocycles. The SMILES string of the molecule is CCCCC1CCC(COc2ccc(-c3ccc(OC(F)(F)F)cc3)c(F)c2F)CC1. The molecule has 0 N–H and O–H groups in total. The zero-order valence-corrected chi connectivity index (χ0v) is 17.5. The number of ether oxygens (including phenoxy) is 2. The third kappa shape index (κ3) is 6.58. The van der Waals surface area contributed by atoms with Crippen LogP contribution >= 0.6 is 0 Å². The van der Waals surface area contributed by atoms with Gasteiger partial charge in [0.15, 0.2) is 11.6 Å². The summed E-state index contributed by atoms with van der Waals surface area (Å²) < 4.78 is 75.3. The van der Waals surface area contributed by atoms with Crippen molar-refractivity contribution in [1.82, 2.24) is 0 Å². The first-order valence-corrected chi connectivity index (χ1v) is 10.7. The molecule has 2 aromatic carbocycles. The fourth-order valence-electron chi connectivity index (χ4n) is 4.09. The summed E-state index contributed by atoms with van der Waals surface area (Å²) in [6.07, 6.45) is 3.26. The predicted molar refractivity (Wildman–Crippen MR) is 109 cm³/mol. The second-order valence-corrected chi connectivity index (χ2v) is 8.15. The molecular weight excluding hydrogens is 415 g/mol. The van der Waals surface area contributed by atoms with Crippen molar-refractivity contribution < 1.29 is 31.4 Å². The molecule has 0 aliphatic heterocycles. The minimum Gasteiger partial charge on any atom is -0.490 e. The Kier molecular flexibility index (Phi) is 7.79. The first-order valence-electron chi connectivity index (χ1n) is 10.7. The van der Waals surface area contributed by atoms with E-state index in [0.717, 1.165) is 43.7 Å². The van der Waals surface area contributed by atoms with Crippen molar-refractivity contribution in [1.29, 1.82) is 0 Å². The molecule has 0 amide bonds. The molecule has 3 rings (SSSR count). The lowest BCUT2D eigenvalue weighted by Crippen LogP contribution is -2.20. The van der Waals surface area contributed by atoms with E-state index in [4.69, 9.17) is 4.74 Å². The van der Waals surface area contributed by atoms with Gasteiger partial charge in [0.25, 0.3) is 0 Å². The molecule has 7 heteroatoms. The van der Waals surface area contributed by atoms with Crippen LogP contribution in [0.5, 0.6) is 11.5 Å². The Balaban J connectivity index is 1.59. The van der Waals surface area contributed by atoms with Crippen molar-refractivity contribution >= 4 is 0 Å². The summed E-state index contributed by atoms with van der Waals surface area (Å²) in [5.74, 6) is -1.67. The van der Waals surface area contributed by atoms with Gasteiger partial charge in [-0.15, -0.1) is 13.2 Å². The maximum Gasteiger partial charge on any atom is 0.573 e. The van der Waals surface area contributed by atoms with Gasteiger partial charge in [0.2, 0.25) is 5.82 Å². The average Bonchev–Trinajstić information content (AvgIpc) is 2.74. The summed E-state index contributed by atoms with van der Waals surface area (Å²) in [5.41, 5.74) is 0.183. The Morgan fingerprint density at radius 2 is 1.52 bits per heavy atom. The average molecular weight is 442 g/mol. The van der Waals surface area contributed by atoms with Crippen molar-refractivity contribution in [3.63, 3.8) is 0 Å². The second kappa shape index (κ2) is 10.3. The van der Waals surface area contributed by atoms with Crippen molar-refractivity contribution in [2.75, 3.05) is 6.61 Å². The summed E-state index contributed by atoms with van der Waals surface area (Å²) >= 11 is 0. The number of benzene rings is 2. The van der Waals surface area contributed by atoms with Gasteiger partial charge in [-0.3, -0.25) is 0 Å². The van der Waals surface area contributed by atoms with Crippen LogP contribution in [-0.4, -0.2) is 13.0 Å². The van der Waals surface area contributed by atoms with Crippen LogP contribution in [0.15, 0.2) is 36.4 Å². The molecule has 2 nitrogen and oxygen atoms in total. The van der Waals surface area contributed by atoms with E-state index < -0.39 is 23.7 Å². The number of alkyl halides is 3. The molecule has 2 aromatic rings. The van der Waals surface area contributed by atoms with Gasteiger partial charge >= 0.3 is 6.36 Å². The zero-order chi connectivity index (χ0) is 22.4. The normalized spacial score (nSPS) is 19.3. The monoisotopic (exact) mass is 442 g/mol. The molecule has 170 valence electrons. The van der Waals surface area contributed by atoms with Crippen LogP contribution in [0.2, 0.25) is 0 Å². The highest BCUT2D eigenvalue weighted by molar-refractivity contribution is 5.66. The number of unbranched alkanes of at least 4 members (excludes halogenated alkanes) is 1. The van der Waals surface area contributed by atoms with Crippen LogP contribution in [0.25, 0.3) is 11.1 Å². The van der Waals surface area contributed by atoms with Gasteiger partial charge < -0.3 is 9.47 Å². The molecule has 0 atom stereocenters. The lowest BCUT2D eigenvalue weighted by Gasteiger charge is -2.28. The van der Waals surface area contributed by atoms with E-state index in [1.54, 1.807) is 0 Å². The van der Waals surface area contributed by atoms with E-state index in [0.29, 0.717) is 12.5 Å². The van der Waals surface area contributed by atoms with Gasteiger partial charge in [0.1, 0.15) is 5.75 Å². The van der Waals surface area contributed by atoms with Gasteiger partial charge in [-0.1, -0.05) is 51.2 Å². The Morgan fingerprint density at radius 3 is 2.13 bits per heavy atom. The van der Waals surface area contributed by atoms with Crippen LogP contribution in [0.4, 0.5) is 22.0 Å². The zero-order valence-electron chi connectivity index (χ0n) is 17.5. The fraction of sp³-hybridized carbons (Fsp3) is 0.500. The number of hydrogen-bond donors (Lipinski definition) is 0. The fourth-order valence-corrected chi connectivity index (χ4v) is 4.09. The first kappa shape index (κ1) is 23.4. The van der Waals surface area contributed by atoms with E-state index in [1.165, 1.54) is 43.5 Å². The third-order valence-electron chi connectivity index (χ3n) is 5.85. The minimum atomic E-state index is -4.81. The van der Waals surface area contributed by atoms with Crippen molar-refractivity contribution in [3.05, 3.63) is 48.0 Å². The van der Waals surface area contributed by atoms with Gasteiger partial charge in [-0.2, -0.15) is 4.39 Å². The molecule has 1 saturated carbocycles. The first-order chi connectivity index (χ1) is 14.8. The Bertz CT molecular complexity index is 840. The molecular formula is C24H27F5O2. The van der Waals surface area contributed by atoms with E-state index in [2.05, 4.69) is 11.7 Å². The molecule has 1 fully saturated rings. The Labute approximate surface area is 179 Å². The molecule has 0 aromatic heterocycles. The lowest BCUT2D eigenvalue weighted by atomic mass is 9.80. The van der Waals surface area contributed by atoms with Crippen LogP contribution in [0.3, 0.4) is 0 Å². The standard InChI is InChI=1S/C24H27F5O2/c1-2-3-4-16-5-7-17(8-6-16)15-30-21-14-13-20(22(25)23(21)26)18-9-11-19(12-10-18)31-24(27,28)29/h9-14,16-17H,2-8,15H2,1H3. The van der Waals surface area contributed by atoms with Crippen LogP contribution in [0, 0.1) is 23.5 Å². The van der Waals surface area contributed by atoms with E-state index in [1.807, 2.05) is 0 Å². The summed E-state index contributed by atoms with van der Waals surface area (Å²) in [7, 11) is 0. The molecule has 0 bridgehead atoms. The van der Waals surface area contributed by atoms with Crippen LogP contribution in [-0.2, 0) is 0 Å². The molecule has 0 radical (unpaired) electrons.